The summed E-state index contributed by atoms with van der Waals surface area (Å²) >= 11 is 3.17. The summed E-state index contributed by atoms with van der Waals surface area (Å²) in [6.07, 6.45) is -0.659. The summed E-state index contributed by atoms with van der Waals surface area (Å²) in [4.78, 5) is 13.9. The van der Waals surface area contributed by atoms with Crippen LogP contribution in [0.3, 0.4) is 0 Å². The molecular formula is C18H17BrFNO3. The number of carbonyl (C=O) groups excluding carboxylic acids is 1. The van der Waals surface area contributed by atoms with E-state index in [-0.39, 0.29) is 24.6 Å². The number of hydrogen-bond acceptors (Lipinski definition) is 3. The summed E-state index contributed by atoms with van der Waals surface area (Å²) < 4.78 is 24.8. The van der Waals surface area contributed by atoms with Gasteiger partial charge in [0.05, 0.1) is 17.6 Å². The zero-order valence-corrected chi connectivity index (χ0v) is 14.5. The molecular weight excluding hydrogens is 377 g/mol. The third-order valence-electron chi connectivity index (χ3n) is 3.85. The SMILES string of the molecule is O=C(OCc1ccccc1)N1CCOC(c2ccc(F)c(Br)c2)C1. The van der Waals surface area contributed by atoms with Crippen LogP contribution >= 0.6 is 15.9 Å². The molecule has 1 aliphatic heterocycles. The smallest absolute Gasteiger partial charge is 0.410 e. The van der Waals surface area contributed by atoms with Crippen LogP contribution in [0, 0.1) is 5.82 Å². The van der Waals surface area contributed by atoms with E-state index in [1.54, 1.807) is 17.0 Å². The molecule has 126 valence electrons. The summed E-state index contributed by atoms with van der Waals surface area (Å²) in [6.45, 7) is 1.52. The number of benzene rings is 2. The molecule has 2 aromatic carbocycles. The zero-order valence-electron chi connectivity index (χ0n) is 13.0. The molecule has 24 heavy (non-hydrogen) atoms. The van der Waals surface area contributed by atoms with Gasteiger partial charge in [-0.05, 0) is 39.2 Å². The summed E-state index contributed by atoms with van der Waals surface area (Å²) in [5, 5.41) is 0. The van der Waals surface area contributed by atoms with Crippen LogP contribution in [-0.4, -0.2) is 30.7 Å². The Bertz CT molecular complexity index is 711. The fraction of sp³-hybridized carbons (Fsp3) is 0.278. The van der Waals surface area contributed by atoms with Gasteiger partial charge in [0.1, 0.15) is 18.5 Å². The molecule has 1 unspecified atom stereocenters. The summed E-state index contributed by atoms with van der Waals surface area (Å²) in [7, 11) is 0. The third kappa shape index (κ3) is 4.13. The van der Waals surface area contributed by atoms with Crippen LogP contribution in [0.15, 0.2) is 53.0 Å². The molecule has 0 aliphatic carbocycles. The number of morpholine rings is 1. The highest BCUT2D eigenvalue weighted by Crippen LogP contribution is 2.26. The normalized spacial score (nSPS) is 17.6. The van der Waals surface area contributed by atoms with Gasteiger partial charge in [0.25, 0.3) is 0 Å². The highest BCUT2D eigenvalue weighted by atomic mass is 79.9. The minimum atomic E-state index is -0.367. The second-order valence-electron chi connectivity index (χ2n) is 5.52. The average Bonchev–Trinajstić information content (AvgIpc) is 2.63. The van der Waals surface area contributed by atoms with Gasteiger partial charge in [-0.2, -0.15) is 0 Å². The van der Waals surface area contributed by atoms with Gasteiger partial charge in [-0.1, -0.05) is 36.4 Å². The quantitative estimate of drug-likeness (QED) is 0.780. The van der Waals surface area contributed by atoms with Crippen molar-refractivity contribution >= 4 is 22.0 Å². The Kier molecular flexibility index (Phi) is 5.48. The predicted molar refractivity (Wildman–Crippen MR) is 91.0 cm³/mol. The van der Waals surface area contributed by atoms with E-state index in [0.29, 0.717) is 24.2 Å². The van der Waals surface area contributed by atoms with Crippen molar-refractivity contribution in [3.05, 3.63) is 69.9 Å². The molecule has 1 fully saturated rings. The Balaban J connectivity index is 1.60. The lowest BCUT2D eigenvalue weighted by atomic mass is 10.1. The number of amides is 1. The van der Waals surface area contributed by atoms with Crippen LogP contribution in [0.25, 0.3) is 0 Å². The molecule has 3 rings (SSSR count). The minimum absolute atomic E-state index is 0.240. The molecule has 1 saturated heterocycles. The highest BCUT2D eigenvalue weighted by Gasteiger charge is 2.26. The van der Waals surface area contributed by atoms with Gasteiger partial charge in [-0.3, -0.25) is 0 Å². The van der Waals surface area contributed by atoms with Crippen LogP contribution in [-0.2, 0) is 16.1 Å². The first-order valence-corrected chi connectivity index (χ1v) is 8.45. The van der Waals surface area contributed by atoms with Crippen molar-refractivity contribution in [1.82, 2.24) is 4.90 Å². The Morgan fingerprint density at radius 3 is 2.83 bits per heavy atom. The van der Waals surface area contributed by atoms with Crippen LogP contribution in [0.5, 0.6) is 0 Å². The standard InChI is InChI=1S/C18H17BrFNO3/c19-15-10-14(6-7-16(15)20)17-11-21(8-9-23-17)18(22)24-12-13-4-2-1-3-5-13/h1-7,10,17H,8-9,11-12H2. The van der Waals surface area contributed by atoms with Crippen LogP contribution in [0.1, 0.15) is 17.2 Å². The van der Waals surface area contributed by atoms with E-state index in [0.717, 1.165) is 11.1 Å². The lowest BCUT2D eigenvalue weighted by Crippen LogP contribution is -2.42. The van der Waals surface area contributed by atoms with Crippen LogP contribution < -0.4 is 0 Å². The van der Waals surface area contributed by atoms with E-state index in [1.807, 2.05) is 30.3 Å². The fourth-order valence-electron chi connectivity index (χ4n) is 2.54. The predicted octanol–water partition coefficient (Wildman–Crippen LogP) is 4.30. The van der Waals surface area contributed by atoms with Crippen LogP contribution in [0.4, 0.5) is 9.18 Å². The van der Waals surface area contributed by atoms with Crippen molar-refractivity contribution in [2.45, 2.75) is 12.7 Å². The van der Waals surface area contributed by atoms with Crippen molar-refractivity contribution in [3.8, 4) is 0 Å². The molecule has 1 amide bonds. The van der Waals surface area contributed by atoms with E-state index >= 15 is 0 Å². The average molecular weight is 394 g/mol. The molecule has 1 atom stereocenters. The fourth-order valence-corrected chi connectivity index (χ4v) is 2.94. The van der Waals surface area contributed by atoms with Crippen LogP contribution in [0.2, 0.25) is 0 Å². The number of halogens is 2. The minimum Gasteiger partial charge on any atom is -0.445 e. The number of carbonyl (C=O) groups is 1. The molecule has 0 saturated carbocycles. The summed E-state index contributed by atoms with van der Waals surface area (Å²) in [5.41, 5.74) is 1.77. The molecule has 0 bridgehead atoms. The summed E-state index contributed by atoms with van der Waals surface area (Å²) in [5.74, 6) is -0.325. The van der Waals surface area contributed by atoms with Gasteiger partial charge in [-0.15, -0.1) is 0 Å². The van der Waals surface area contributed by atoms with Gasteiger partial charge in [0.15, 0.2) is 0 Å². The van der Waals surface area contributed by atoms with E-state index < -0.39 is 0 Å². The topological polar surface area (TPSA) is 38.8 Å². The Labute approximate surface area is 148 Å². The molecule has 1 heterocycles. The Morgan fingerprint density at radius 2 is 2.08 bits per heavy atom. The lowest BCUT2D eigenvalue weighted by Gasteiger charge is -2.32. The molecule has 0 aromatic heterocycles. The monoisotopic (exact) mass is 393 g/mol. The molecule has 2 aromatic rings. The maximum absolute atomic E-state index is 13.4. The van der Waals surface area contributed by atoms with Gasteiger partial charge in [0, 0.05) is 6.54 Å². The molecule has 0 N–H and O–H groups in total. The molecule has 0 spiro atoms. The Morgan fingerprint density at radius 1 is 1.29 bits per heavy atom. The first-order chi connectivity index (χ1) is 11.6. The van der Waals surface area contributed by atoms with Gasteiger partial charge in [-0.25, -0.2) is 9.18 Å². The van der Waals surface area contributed by atoms with Crippen molar-refractivity contribution in [2.75, 3.05) is 19.7 Å². The van der Waals surface area contributed by atoms with E-state index in [4.69, 9.17) is 9.47 Å². The van der Waals surface area contributed by atoms with Crippen molar-refractivity contribution in [3.63, 3.8) is 0 Å². The summed E-state index contributed by atoms with van der Waals surface area (Å²) in [6, 6.07) is 14.3. The van der Waals surface area contributed by atoms with E-state index in [2.05, 4.69) is 15.9 Å². The number of rotatable bonds is 3. The molecule has 0 radical (unpaired) electrons. The van der Waals surface area contributed by atoms with Crippen molar-refractivity contribution in [1.29, 1.82) is 0 Å². The largest absolute Gasteiger partial charge is 0.445 e. The third-order valence-corrected chi connectivity index (χ3v) is 4.45. The number of ether oxygens (including phenoxy) is 2. The maximum Gasteiger partial charge on any atom is 0.410 e. The second kappa shape index (κ2) is 7.77. The van der Waals surface area contributed by atoms with Crippen molar-refractivity contribution < 1.29 is 18.7 Å². The Hall–Kier alpha value is -1.92. The van der Waals surface area contributed by atoms with Crippen molar-refractivity contribution in [2.24, 2.45) is 0 Å². The van der Waals surface area contributed by atoms with Gasteiger partial charge in [0.2, 0.25) is 0 Å². The lowest BCUT2D eigenvalue weighted by molar-refractivity contribution is -0.0296. The molecule has 4 nitrogen and oxygen atoms in total. The zero-order chi connectivity index (χ0) is 16.9. The van der Waals surface area contributed by atoms with E-state index in [9.17, 15) is 9.18 Å². The first-order valence-electron chi connectivity index (χ1n) is 7.65. The maximum atomic E-state index is 13.4. The highest BCUT2D eigenvalue weighted by molar-refractivity contribution is 9.10. The number of hydrogen-bond donors (Lipinski definition) is 0. The van der Waals surface area contributed by atoms with Gasteiger partial charge < -0.3 is 14.4 Å². The second-order valence-corrected chi connectivity index (χ2v) is 6.37. The van der Waals surface area contributed by atoms with Gasteiger partial charge >= 0.3 is 6.09 Å². The molecule has 1 aliphatic rings. The first kappa shape index (κ1) is 16.9. The number of nitrogens with zero attached hydrogens (tertiary/aromatic N) is 1. The molecule has 6 heteroatoms. The van der Waals surface area contributed by atoms with E-state index in [1.165, 1.54) is 6.07 Å².